The molecule has 1 amide bonds. The van der Waals surface area contributed by atoms with Crippen LogP contribution < -0.4 is 5.32 Å². The van der Waals surface area contributed by atoms with E-state index in [1.807, 2.05) is 36.4 Å². The van der Waals surface area contributed by atoms with Crippen LogP contribution in [0.2, 0.25) is 10.0 Å². The van der Waals surface area contributed by atoms with E-state index >= 15 is 0 Å². The largest absolute Gasteiger partial charge is 0.352 e. The zero-order valence-electron chi connectivity index (χ0n) is 16.6. The Balaban J connectivity index is 1.48. The predicted molar refractivity (Wildman–Crippen MR) is 122 cm³/mol. The summed E-state index contributed by atoms with van der Waals surface area (Å²) in [5.74, 6) is -0.0476. The fraction of sp³-hybridized carbons (Fsp3) is 0.167. The van der Waals surface area contributed by atoms with Gasteiger partial charge in [-0.1, -0.05) is 53.5 Å². The van der Waals surface area contributed by atoms with E-state index in [4.69, 9.17) is 28.2 Å². The van der Waals surface area contributed by atoms with E-state index in [-0.39, 0.29) is 5.56 Å². The van der Waals surface area contributed by atoms with Crippen LogP contribution in [0.4, 0.5) is 4.39 Å². The number of para-hydroxylation sites is 2. The second kappa shape index (κ2) is 9.50. The van der Waals surface area contributed by atoms with Gasteiger partial charge in [-0.2, -0.15) is 0 Å². The summed E-state index contributed by atoms with van der Waals surface area (Å²) in [6.07, 6.45) is 1.31. The molecule has 1 heterocycles. The molecule has 1 aromatic heterocycles. The number of nitrogens with one attached hydrogen (secondary N) is 1. The van der Waals surface area contributed by atoms with Crippen LogP contribution in [0.1, 0.15) is 28.2 Å². The van der Waals surface area contributed by atoms with Crippen molar-refractivity contribution in [2.24, 2.45) is 0 Å². The Morgan fingerprint density at radius 1 is 1.03 bits per heavy atom. The zero-order chi connectivity index (χ0) is 21.8. The molecule has 158 valence electrons. The van der Waals surface area contributed by atoms with Gasteiger partial charge in [-0.15, -0.1) is 0 Å². The lowest BCUT2D eigenvalue weighted by atomic mass is 10.2. The minimum atomic E-state index is -0.526. The quantitative estimate of drug-likeness (QED) is 0.353. The first-order valence-electron chi connectivity index (χ1n) is 9.94. The molecule has 0 atom stereocenters. The number of halogens is 3. The number of carbonyl (C=O) groups is 1. The Hall–Kier alpha value is -2.89. The zero-order valence-corrected chi connectivity index (χ0v) is 18.1. The van der Waals surface area contributed by atoms with E-state index in [2.05, 4.69) is 9.88 Å². The maximum Gasteiger partial charge on any atom is 0.254 e. The summed E-state index contributed by atoms with van der Waals surface area (Å²) in [6.45, 7) is 0.978. The van der Waals surface area contributed by atoms with Gasteiger partial charge < -0.3 is 9.88 Å². The van der Waals surface area contributed by atoms with Crippen molar-refractivity contribution in [2.75, 3.05) is 6.54 Å². The van der Waals surface area contributed by atoms with Crippen LogP contribution >= 0.6 is 23.2 Å². The molecule has 0 spiro atoms. The molecule has 4 aromatic rings. The third-order valence-corrected chi connectivity index (χ3v) is 5.65. The fourth-order valence-corrected chi connectivity index (χ4v) is 3.97. The molecule has 31 heavy (non-hydrogen) atoms. The number of amides is 1. The SMILES string of the molecule is O=C(NCCCc1nc2ccccc2n1Cc1ccc(Cl)cc1Cl)c1ccccc1F. The van der Waals surface area contributed by atoms with Crippen molar-refractivity contribution in [3.8, 4) is 0 Å². The Morgan fingerprint density at radius 2 is 1.81 bits per heavy atom. The lowest BCUT2D eigenvalue weighted by molar-refractivity contribution is 0.0949. The summed E-state index contributed by atoms with van der Waals surface area (Å²) in [7, 11) is 0. The second-order valence-corrected chi connectivity index (χ2v) is 8.02. The van der Waals surface area contributed by atoms with Crippen molar-refractivity contribution in [1.29, 1.82) is 0 Å². The van der Waals surface area contributed by atoms with Crippen molar-refractivity contribution < 1.29 is 9.18 Å². The van der Waals surface area contributed by atoms with Gasteiger partial charge in [0.2, 0.25) is 0 Å². The van der Waals surface area contributed by atoms with Gasteiger partial charge in [0.25, 0.3) is 5.91 Å². The number of carbonyl (C=O) groups excluding carboxylic acids is 1. The molecule has 0 radical (unpaired) electrons. The van der Waals surface area contributed by atoms with E-state index in [0.29, 0.717) is 36.0 Å². The summed E-state index contributed by atoms with van der Waals surface area (Å²) >= 11 is 12.4. The van der Waals surface area contributed by atoms with Gasteiger partial charge >= 0.3 is 0 Å². The second-order valence-electron chi connectivity index (χ2n) is 7.18. The third-order valence-electron chi connectivity index (χ3n) is 5.06. The maximum atomic E-state index is 13.8. The van der Waals surface area contributed by atoms with Crippen molar-refractivity contribution in [3.05, 3.63) is 99.5 Å². The molecule has 1 N–H and O–H groups in total. The highest BCUT2D eigenvalue weighted by atomic mass is 35.5. The van der Waals surface area contributed by atoms with E-state index in [0.717, 1.165) is 22.4 Å². The molecule has 0 aliphatic carbocycles. The molecular formula is C24H20Cl2FN3O. The van der Waals surface area contributed by atoms with Gasteiger partial charge in [0.15, 0.2) is 0 Å². The summed E-state index contributed by atoms with van der Waals surface area (Å²) in [5, 5.41) is 3.97. The van der Waals surface area contributed by atoms with E-state index in [9.17, 15) is 9.18 Å². The summed E-state index contributed by atoms with van der Waals surface area (Å²) in [6, 6.07) is 19.3. The van der Waals surface area contributed by atoms with Crippen LogP contribution in [0.3, 0.4) is 0 Å². The van der Waals surface area contributed by atoms with Crippen molar-refractivity contribution in [2.45, 2.75) is 19.4 Å². The Kier molecular flexibility index (Phi) is 6.54. The number of aryl methyl sites for hydroxylation is 1. The number of aromatic nitrogens is 2. The molecule has 0 saturated carbocycles. The molecule has 7 heteroatoms. The summed E-state index contributed by atoms with van der Waals surface area (Å²) in [5.41, 5.74) is 2.91. The van der Waals surface area contributed by atoms with Crippen LogP contribution in [0.5, 0.6) is 0 Å². The fourth-order valence-electron chi connectivity index (χ4n) is 3.50. The van der Waals surface area contributed by atoms with Gasteiger partial charge in [0, 0.05) is 23.0 Å². The maximum absolute atomic E-state index is 13.8. The highest BCUT2D eigenvalue weighted by Gasteiger charge is 2.14. The van der Waals surface area contributed by atoms with Gasteiger partial charge in [0.05, 0.1) is 23.1 Å². The average Bonchev–Trinajstić information content (AvgIpc) is 3.10. The van der Waals surface area contributed by atoms with E-state index in [1.165, 1.54) is 12.1 Å². The Labute approximate surface area is 189 Å². The van der Waals surface area contributed by atoms with Crippen LogP contribution in [0.25, 0.3) is 11.0 Å². The molecule has 0 bridgehead atoms. The van der Waals surface area contributed by atoms with Crippen LogP contribution in [-0.4, -0.2) is 22.0 Å². The van der Waals surface area contributed by atoms with Gasteiger partial charge in [-0.25, -0.2) is 9.37 Å². The Morgan fingerprint density at radius 3 is 2.61 bits per heavy atom. The molecular weight excluding hydrogens is 436 g/mol. The summed E-state index contributed by atoms with van der Waals surface area (Å²) < 4.78 is 15.9. The number of nitrogens with zero attached hydrogens (tertiary/aromatic N) is 2. The summed E-state index contributed by atoms with van der Waals surface area (Å²) in [4.78, 5) is 17.0. The highest BCUT2D eigenvalue weighted by Crippen LogP contribution is 2.25. The first-order chi connectivity index (χ1) is 15.0. The third kappa shape index (κ3) is 4.89. The minimum Gasteiger partial charge on any atom is -0.352 e. The monoisotopic (exact) mass is 455 g/mol. The standard InChI is InChI=1S/C24H20Cl2FN3O/c25-17-12-11-16(19(26)14-17)15-30-22-9-4-3-8-21(22)29-23(30)10-5-13-28-24(31)18-6-1-2-7-20(18)27/h1-4,6-9,11-12,14H,5,10,13,15H2,(H,28,31). The van der Waals surface area contributed by atoms with Crippen molar-refractivity contribution in [3.63, 3.8) is 0 Å². The molecule has 0 fully saturated rings. The van der Waals surface area contributed by atoms with Crippen LogP contribution in [0.15, 0.2) is 66.7 Å². The lowest BCUT2D eigenvalue weighted by Gasteiger charge is -2.11. The molecule has 0 saturated heterocycles. The Bertz CT molecular complexity index is 1240. The minimum absolute atomic E-state index is 0.0483. The number of rotatable bonds is 7. The van der Waals surface area contributed by atoms with Crippen molar-refractivity contribution >= 4 is 40.1 Å². The first kappa shape index (κ1) is 21.3. The highest BCUT2D eigenvalue weighted by molar-refractivity contribution is 6.35. The molecule has 0 aliphatic heterocycles. The molecule has 4 nitrogen and oxygen atoms in total. The number of imidazole rings is 1. The van der Waals surface area contributed by atoms with E-state index < -0.39 is 11.7 Å². The topological polar surface area (TPSA) is 46.9 Å². The van der Waals surface area contributed by atoms with Gasteiger partial charge in [0.1, 0.15) is 11.6 Å². The smallest absolute Gasteiger partial charge is 0.254 e. The van der Waals surface area contributed by atoms with Crippen molar-refractivity contribution in [1.82, 2.24) is 14.9 Å². The average molecular weight is 456 g/mol. The lowest BCUT2D eigenvalue weighted by Crippen LogP contribution is -2.25. The van der Waals surface area contributed by atoms with Gasteiger partial charge in [-0.05, 0) is 48.4 Å². The first-order valence-corrected chi connectivity index (χ1v) is 10.7. The molecule has 0 aliphatic rings. The van der Waals surface area contributed by atoms with Gasteiger partial charge in [-0.3, -0.25) is 4.79 Å². The predicted octanol–water partition coefficient (Wildman–Crippen LogP) is 5.89. The molecule has 0 unspecified atom stereocenters. The number of fused-ring (bicyclic) bond motifs is 1. The number of hydrogen-bond donors (Lipinski definition) is 1. The number of benzene rings is 3. The molecule has 3 aromatic carbocycles. The normalized spacial score (nSPS) is 11.1. The van der Waals surface area contributed by atoms with Crippen LogP contribution in [0, 0.1) is 5.82 Å². The van der Waals surface area contributed by atoms with E-state index in [1.54, 1.807) is 18.2 Å². The van der Waals surface area contributed by atoms with Crippen LogP contribution in [-0.2, 0) is 13.0 Å². The number of hydrogen-bond acceptors (Lipinski definition) is 2. The molecule has 4 rings (SSSR count).